The Morgan fingerprint density at radius 3 is 2.58 bits per heavy atom. The van der Waals surface area contributed by atoms with Crippen LogP contribution in [0.4, 0.5) is 0 Å². The Morgan fingerprint density at radius 1 is 1.15 bits per heavy atom. The molecule has 170 valence electrons. The minimum absolute atomic E-state index is 0.0158. The monoisotopic (exact) mass is 486 g/mol. The van der Waals surface area contributed by atoms with Gasteiger partial charge in [-0.3, -0.25) is 4.79 Å². The number of furan rings is 1. The summed E-state index contributed by atoms with van der Waals surface area (Å²) in [6.07, 6.45) is 2.96. The lowest BCUT2D eigenvalue weighted by atomic mass is 10.0. The Kier molecular flexibility index (Phi) is 6.35. The number of carbonyl (C=O) groups excluding carboxylic acids is 2. The Balaban J connectivity index is 1.51. The van der Waals surface area contributed by atoms with Gasteiger partial charge in [-0.25, -0.2) is 18.2 Å². The van der Waals surface area contributed by atoms with E-state index in [4.69, 9.17) is 20.8 Å². The number of rotatable bonds is 6. The average Bonchev–Trinajstić information content (AvgIpc) is 3.47. The zero-order chi connectivity index (χ0) is 23.6. The number of nitrogens with zero attached hydrogens (tertiary/aromatic N) is 2. The van der Waals surface area contributed by atoms with Crippen molar-refractivity contribution in [3.8, 4) is 0 Å². The van der Waals surface area contributed by atoms with Crippen LogP contribution in [-0.4, -0.2) is 43.9 Å². The molecule has 1 aromatic heterocycles. The number of carbonyl (C=O) groups is 2. The molecule has 1 unspecified atom stereocenters. The van der Waals surface area contributed by atoms with Crippen LogP contribution in [0.5, 0.6) is 0 Å². The van der Waals surface area contributed by atoms with Crippen LogP contribution in [0.15, 0.2) is 81.3 Å². The molecular weight excluding hydrogens is 468 g/mol. The minimum atomic E-state index is -3.49. The zero-order valence-electron chi connectivity index (χ0n) is 17.5. The number of ether oxygens (including phenoxy) is 1. The van der Waals surface area contributed by atoms with Crippen LogP contribution in [0, 0.1) is 0 Å². The summed E-state index contributed by atoms with van der Waals surface area (Å²) in [5.41, 5.74) is 1.49. The van der Waals surface area contributed by atoms with Crippen molar-refractivity contribution in [2.75, 3.05) is 12.9 Å². The molecule has 2 heterocycles. The highest BCUT2D eigenvalue weighted by Crippen LogP contribution is 2.33. The first kappa shape index (κ1) is 22.8. The number of esters is 1. The maximum Gasteiger partial charge on any atom is 0.338 e. The number of hydrogen-bond acceptors (Lipinski definition) is 7. The third-order valence-corrected chi connectivity index (χ3v) is 6.40. The van der Waals surface area contributed by atoms with Gasteiger partial charge in [0.15, 0.2) is 16.4 Å². The lowest BCUT2D eigenvalue weighted by Crippen LogP contribution is -2.31. The molecule has 33 heavy (non-hydrogen) atoms. The lowest BCUT2D eigenvalue weighted by molar-refractivity contribution is -0.136. The zero-order valence-corrected chi connectivity index (χ0v) is 19.0. The molecule has 3 aromatic rings. The van der Waals surface area contributed by atoms with Crippen LogP contribution in [0.1, 0.15) is 34.1 Å². The molecule has 1 aliphatic heterocycles. The predicted octanol–water partition coefficient (Wildman–Crippen LogP) is 3.87. The number of halogens is 1. The smallest absolute Gasteiger partial charge is 0.338 e. The Hall–Kier alpha value is -3.43. The maximum absolute atomic E-state index is 12.9. The summed E-state index contributed by atoms with van der Waals surface area (Å²) >= 11 is 5.96. The first-order chi connectivity index (χ1) is 15.7. The van der Waals surface area contributed by atoms with E-state index in [0.717, 1.165) is 11.8 Å². The van der Waals surface area contributed by atoms with Crippen molar-refractivity contribution in [3.05, 3.63) is 88.8 Å². The van der Waals surface area contributed by atoms with E-state index in [9.17, 15) is 18.0 Å². The molecule has 8 nitrogen and oxygen atoms in total. The molecule has 1 atom stereocenters. The molecule has 0 bridgehead atoms. The lowest BCUT2D eigenvalue weighted by Gasteiger charge is -2.19. The van der Waals surface area contributed by atoms with E-state index in [1.54, 1.807) is 24.3 Å². The molecule has 0 N–H and O–H groups in total. The summed E-state index contributed by atoms with van der Waals surface area (Å²) in [7, 11) is -3.49. The van der Waals surface area contributed by atoms with Crippen molar-refractivity contribution in [3.63, 3.8) is 0 Å². The van der Waals surface area contributed by atoms with E-state index in [2.05, 4.69) is 5.10 Å². The first-order valence-electron chi connectivity index (χ1n) is 9.88. The van der Waals surface area contributed by atoms with Gasteiger partial charge in [0, 0.05) is 17.7 Å². The predicted molar refractivity (Wildman–Crippen MR) is 121 cm³/mol. The van der Waals surface area contributed by atoms with Crippen LogP contribution in [0.3, 0.4) is 0 Å². The molecule has 1 aliphatic rings. The summed E-state index contributed by atoms with van der Waals surface area (Å²) in [4.78, 5) is 25.3. The Morgan fingerprint density at radius 2 is 1.91 bits per heavy atom. The van der Waals surface area contributed by atoms with Crippen LogP contribution in [0.25, 0.3) is 0 Å². The number of amides is 1. The van der Waals surface area contributed by atoms with E-state index in [1.165, 1.54) is 35.5 Å². The second-order valence-corrected chi connectivity index (χ2v) is 9.86. The maximum atomic E-state index is 12.9. The van der Waals surface area contributed by atoms with Gasteiger partial charge in [0.2, 0.25) is 0 Å². The molecule has 2 aromatic carbocycles. The average molecular weight is 487 g/mol. The molecule has 0 radical (unpaired) electrons. The third-order valence-electron chi connectivity index (χ3n) is 5.04. The summed E-state index contributed by atoms with van der Waals surface area (Å²) in [6, 6.07) is 15.5. The second kappa shape index (κ2) is 9.21. The quantitative estimate of drug-likeness (QED) is 0.489. The molecule has 0 spiro atoms. The fraction of sp³-hybridized carbons (Fsp3) is 0.174. The third kappa shape index (κ3) is 5.15. The van der Waals surface area contributed by atoms with Crippen molar-refractivity contribution in [1.29, 1.82) is 0 Å². The highest BCUT2D eigenvalue weighted by Gasteiger charge is 2.35. The SMILES string of the molecule is CS(=O)(=O)c1cccc(C(=O)OCC(=O)N2N=C(c3ccc(Cl)cc3)CC2c2ccco2)c1. The minimum Gasteiger partial charge on any atom is -0.467 e. The summed E-state index contributed by atoms with van der Waals surface area (Å²) in [5, 5.41) is 6.27. The van der Waals surface area contributed by atoms with E-state index in [0.29, 0.717) is 22.9 Å². The van der Waals surface area contributed by atoms with Crippen LogP contribution >= 0.6 is 11.6 Å². The molecule has 0 saturated heterocycles. The van der Waals surface area contributed by atoms with Gasteiger partial charge < -0.3 is 9.15 Å². The molecule has 0 aliphatic carbocycles. The first-order valence-corrected chi connectivity index (χ1v) is 12.2. The molecular formula is C23H19ClN2O6S. The number of hydrogen-bond donors (Lipinski definition) is 0. The fourth-order valence-electron chi connectivity index (χ4n) is 3.39. The standard InChI is InChI=1S/C23H19ClN2O6S/c1-33(29,30)18-5-2-4-16(12-18)23(28)32-14-22(27)26-20(21-6-3-11-31-21)13-19(25-26)15-7-9-17(24)10-8-15/h2-12,20H,13-14H2,1H3. The van der Waals surface area contributed by atoms with E-state index in [1.807, 2.05) is 12.1 Å². The van der Waals surface area contributed by atoms with Gasteiger partial charge in [0.05, 0.1) is 22.4 Å². The van der Waals surface area contributed by atoms with Gasteiger partial charge in [-0.1, -0.05) is 29.8 Å². The molecule has 0 fully saturated rings. The topological polar surface area (TPSA) is 106 Å². The van der Waals surface area contributed by atoms with Crippen molar-refractivity contribution < 1.29 is 27.2 Å². The molecule has 1 amide bonds. The summed E-state index contributed by atoms with van der Waals surface area (Å²) in [5.74, 6) is -0.819. The fourth-order valence-corrected chi connectivity index (χ4v) is 4.18. The Bertz CT molecular complexity index is 1320. The number of hydrazone groups is 1. The summed E-state index contributed by atoms with van der Waals surface area (Å²) in [6.45, 7) is -0.573. The van der Waals surface area contributed by atoms with Crippen molar-refractivity contribution in [1.82, 2.24) is 5.01 Å². The normalized spacial score (nSPS) is 15.9. The molecule has 10 heteroatoms. The van der Waals surface area contributed by atoms with Gasteiger partial charge in [-0.05, 0) is 48.0 Å². The van der Waals surface area contributed by atoms with Gasteiger partial charge in [-0.2, -0.15) is 5.10 Å². The van der Waals surface area contributed by atoms with Gasteiger partial charge in [-0.15, -0.1) is 0 Å². The van der Waals surface area contributed by atoms with E-state index < -0.39 is 34.4 Å². The highest BCUT2D eigenvalue weighted by molar-refractivity contribution is 7.90. The summed E-state index contributed by atoms with van der Waals surface area (Å²) < 4.78 is 34.1. The van der Waals surface area contributed by atoms with Crippen molar-refractivity contribution >= 4 is 39.0 Å². The van der Waals surface area contributed by atoms with Gasteiger partial charge in [0.1, 0.15) is 11.8 Å². The van der Waals surface area contributed by atoms with E-state index in [-0.39, 0.29) is 10.5 Å². The van der Waals surface area contributed by atoms with Crippen molar-refractivity contribution in [2.24, 2.45) is 5.10 Å². The van der Waals surface area contributed by atoms with Crippen LogP contribution in [-0.2, 0) is 19.4 Å². The van der Waals surface area contributed by atoms with Crippen LogP contribution in [0.2, 0.25) is 5.02 Å². The van der Waals surface area contributed by atoms with Crippen LogP contribution < -0.4 is 0 Å². The largest absolute Gasteiger partial charge is 0.467 e. The number of sulfone groups is 1. The highest BCUT2D eigenvalue weighted by atomic mass is 35.5. The Labute approximate surface area is 195 Å². The molecule has 0 saturated carbocycles. The van der Waals surface area contributed by atoms with Crippen molar-refractivity contribution in [2.45, 2.75) is 17.4 Å². The van der Waals surface area contributed by atoms with Gasteiger partial charge in [0.25, 0.3) is 5.91 Å². The second-order valence-electron chi connectivity index (χ2n) is 7.40. The number of benzene rings is 2. The molecule has 4 rings (SSSR count). The van der Waals surface area contributed by atoms with E-state index >= 15 is 0 Å². The van der Waals surface area contributed by atoms with Gasteiger partial charge >= 0.3 is 5.97 Å².